The zero-order valence-corrected chi connectivity index (χ0v) is 10.4. The number of hydrazine groups is 1. The highest BCUT2D eigenvalue weighted by atomic mass is 16.4. The number of carbonyl (C=O) groups is 2. The maximum absolute atomic E-state index is 11.6. The second kappa shape index (κ2) is 6.61. The number of nitrogens with one attached hydrogen (secondary N) is 2. The Balaban J connectivity index is 2.73. The fourth-order valence-corrected chi connectivity index (χ4v) is 1.51. The molecule has 98 valence electrons. The molecule has 0 fully saturated rings. The van der Waals surface area contributed by atoms with Gasteiger partial charge in [-0.15, -0.1) is 0 Å². The van der Waals surface area contributed by atoms with E-state index in [1.54, 1.807) is 38.4 Å². The topological polar surface area (TPSA) is 81.7 Å². The third-order valence-electron chi connectivity index (χ3n) is 2.21. The number of hydrogen-bond acceptors (Lipinski definition) is 3. The molecule has 0 aliphatic heterocycles. The van der Waals surface area contributed by atoms with Gasteiger partial charge in [0.15, 0.2) is 0 Å². The van der Waals surface area contributed by atoms with E-state index in [9.17, 15) is 9.59 Å². The number of nitrogens with zero attached hydrogens (tertiary/aromatic N) is 1. The third-order valence-corrected chi connectivity index (χ3v) is 2.21. The summed E-state index contributed by atoms with van der Waals surface area (Å²) in [6.07, 6.45) is -0.162. The molecule has 0 aliphatic rings. The van der Waals surface area contributed by atoms with E-state index in [4.69, 9.17) is 5.11 Å². The number of amides is 2. The van der Waals surface area contributed by atoms with Crippen molar-refractivity contribution in [2.24, 2.45) is 0 Å². The van der Waals surface area contributed by atoms with Gasteiger partial charge in [0.1, 0.15) is 0 Å². The average molecular weight is 251 g/mol. The molecule has 6 heteroatoms. The van der Waals surface area contributed by atoms with E-state index in [0.717, 1.165) is 5.56 Å². The van der Waals surface area contributed by atoms with Crippen molar-refractivity contribution in [2.45, 2.75) is 12.5 Å². The number of carboxylic acid groups (broad SMARTS) is 1. The first-order valence-corrected chi connectivity index (χ1v) is 5.50. The maximum Gasteiger partial charge on any atom is 0.329 e. The molecule has 1 rings (SSSR count). The van der Waals surface area contributed by atoms with E-state index in [1.165, 1.54) is 5.01 Å². The van der Waals surface area contributed by atoms with Gasteiger partial charge in [-0.05, 0) is 5.56 Å². The number of rotatable bonds is 5. The Morgan fingerprint density at radius 2 is 1.89 bits per heavy atom. The summed E-state index contributed by atoms with van der Waals surface area (Å²) < 4.78 is 0. The zero-order valence-electron chi connectivity index (χ0n) is 10.4. The van der Waals surface area contributed by atoms with Crippen molar-refractivity contribution in [1.29, 1.82) is 0 Å². The number of benzene rings is 1. The van der Waals surface area contributed by atoms with Crippen LogP contribution in [0, 0.1) is 0 Å². The van der Waals surface area contributed by atoms with Crippen LogP contribution in [0.4, 0.5) is 4.79 Å². The van der Waals surface area contributed by atoms with Gasteiger partial charge >= 0.3 is 12.0 Å². The maximum atomic E-state index is 11.6. The average Bonchev–Trinajstić information content (AvgIpc) is 2.27. The quantitative estimate of drug-likeness (QED) is 0.681. The van der Waals surface area contributed by atoms with E-state index >= 15 is 0 Å². The van der Waals surface area contributed by atoms with Crippen LogP contribution in [-0.4, -0.2) is 36.2 Å². The van der Waals surface area contributed by atoms with Gasteiger partial charge in [0.2, 0.25) is 0 Å². The van der Waals surface area contributed by atoms with Crippen LogP contribution in [0.3, 0.4) is 0 Å². The number of carbonyl (C=O) groups excluding carboxylic acids is 1. The van der Waals surface area contributed by atoms with Gasteiger partial charge in [0.25, 0.3) is 0 Å². The van der Waals surface area contributed by atoms with E-state index in [1.807, 2.05) is 6.07 Å². The molecule has 0 spiro atoms. The molecule has 0 heterocycles. The highest BCUT2D eigenvalue weighted by Gasteiger charge is 2.17. The SMILES string of the molecule is CN(C)NC(=O)NC(CC(=O)O)c1ccccc1. The van der Waals surface area contributed by atoms with Crippen LogP contribution < -0.4 is 10.7 Å². The fraction of sp³-hybridized carbons (Fsp3) is 0.333. The molecular weight excluding hydrogens is 234 g/mol. The van der Waals surface area contributed by atoms with Crippen LogP contribution in [0.5, 0.6) is 0 Å². The van der Waals surface area contributed by atoms with Gasteiger partial charge in [0, 0.05) is 14.1 Å². The molecule has 1 atom stereocenters. The Hall–Kier alpha value is -2.08. The Morgan fingerprint density at radius 1 is 1.28 bits per heavy atom. The minimum atomic E-state index is -0.964. The summed E-state index contributed by atoms with van der Waals surface area (Å²) in [7, 11) is 3.35. The number of urea groups is 1. The van der Waals surface area contributed by atoms with Crippen LogP contribution in [0.15, 0.2) is 30.3 Å². The van der Waals surface area contributed by atoms with Crippen LogP contribution in [0.25, 0.3) is 0 Å². The lowest BCUT2D eigenvalue weighted by atomic mass is 10.0. The summed E-state index contributed by atoms with van der Waals surface area (Å²) in [5.74, 6) is -0.964. The molecule has 0 radical (unpaired) electrons. The van der Waals surface area contributed by atoms with Gasteiger partial charge in [0.05, 0.1) is 12.5 Å². The molecule has 0 aromatic heterocycles. The van der Waals surface area contributed by atoms with Crippen LogP contribution in [0.2, 0.25) is 0 Å². The number of aliphatic carboxylic acids is 1. The number of carboxylic acids is 1. The molecule has 1 unspecified atom stereocenters. The summed E-state index contributed by atoms with van der Waals surface area (Å²) in [5.41, 5.74) is 3.26. The molecule has 6 nitrogen and oxygen atoms in total. The molecule has 2 amide bonds. The first-order valence-electron chi connectivity index (χ1n) is 5.50. The molecule has 3 N–H and O–H groups in total. The van der Waals surface area contributed by atoms with E-state index in [0.29, 0.717) is 0 Å². The largest absolute Gasteiger partial charge is 0.481 e. The lowest BCUT2D eigenvalue weighted by molar-refractivity contribution is -0.137. The van der Waals surface area contributed by atoms with Crippen LogP contribution in [0.1, 0.15) is 18.0 Å². The summed E-state index contributed by atoms with van der Waals surface area (Å²) >= 11 is 0. The smallest absolute Gasteiger partial charge is 0.329 e. The van der Waals surface area contributed by atoms with Crippen molar-refractivity contribution in [3.63, 3.8) is 0 Å². The van der Waals surface area contributed by atoms with E-state index in [2.05, 4.69) is 10.7 Å². The summed E-state index contributed by atoms with van der Waals surface area (Å²) in [5, 5.41) is 13.0. The predicted molar refractivity (Wildman–Crippen MR) is 66.8 cm³/mol. The molecule has 0 saturated carbocycles. The van der Waals surface area contributed by atoms with Crippen LogP contribution >= 0.6 is 0 Å². The summed E-state index contributed by atoms with van der Waals surface area (Å²) in [4.78, 5) is 22.4. The van der Waals surface area contributed by atoms with Gasteiger partial charge in [-0.1, -0.05) is 30.3 Å². The molecule has 1 aromatic carbocycles. The Morgan fingerprint density at radius 3 is 2.39 bits per heavy atom. The minimum Gasteiger partial charge on any atom is -0.481 e. The van der Waals surface area contributed by atoms with Crippen molar-refractivity contribution in [2.75, 3.05) is 14.1 Å². The van der Waals surface area contributed by atoms with Crippen molar-refractivity contribution in [1.82, 2.24) is 15.8 Å². The fourth-order valence-electron chi connectivity index (χ4n) is 1.51. The second-order valence-electron chi connectivity index (χ2n) is 4.04. The zero-order chi connectivity index (χ0) is 13.5. The first kappa shape index (κ1) is 14.0. The number of hydrogen-bond donors (Lipinski definition) is 3. The van der Waals surface area contributed by atoms with Gasteiger partial charge in [-0.3, -0.25) is 10.2 Å². The van der Waals surface area contributed by atoms with E-state index < -0.39 is 18.0 Å². The normalized spacial score (nSPS) is 11.9. The molecule has 0 aliphatic carbocycles. The lowest BCUT2D eigenvalue weighted by Gasteiger charge is -2.19. The van der Waals surface area contributed by atoms with Gasteiger partial charge in [-0.25, -0.2) is 9.80 Å². The Kier molecular flexibility index (Phi) is 5.13. The highest BCUT2D eigenvalue weighted by Crippen LogP contribution is 2.16. The minimum absolute atomic E-state index is 0.162. The summed E-state index contributed by atoms with van der Waals surface area (Å²) in [6, 6.07) is 8.01. The van der Waals surface area contributed by atoms with Crippen LogP contribution in [-0.2, 0) is 4.79 Å². The third kappa shape index (κ3) is 4.84. The van der Waals surface area contributed by atoms with Gasteiger partial charge in [-0.2, -0.15) is 0 Å². The molecule has 1 aromatic rings. The Bertz CT molecular complexity index is 406. The molecule has 18 heavy (non-hydrogen) atoms. The van der Waals surface area contributed by atoms with Gasteiger partial charge < -0.3 is 10.4 Å². The molecule has 0 bridgehead atoms. The lowest BCUT2D eigenvalue weighted by Crippen LogP contribution is -2.44. The van der Waals surface area contributed by atoms with Crippen molar-refractivity contribution in [3.8, 4) is 0 Å². The molecular formula is C12H17N3O3. The first-order chi connectivity index (χ1) is 8.49. The predicted octanol–water partition coefficient (Wildman–Crippen LogP) is 0.978. The standard InChI is InChI=1S/C12H17N3O3/c1-15(2)14-12(18)13-10(8-11(16)17)9-6-4-3-5-7-9/h3-7,10H,8H2,1-2H3,(H,16,17)(H2,13,14,18). The van der Waals surface area contributed by atoms with Crippen molar-refractivity contribution < 1.29 is 14.7 Å². The highest BCUT2D eigenvalue weighted by molar-refractivity contribution is 5.75. The Labute approximate surface area is 106 Å². The monoisotopic (exact) mass is 251 g/mol. The summed E-state index contributed by atoms with van der Waals surface area (Å²) in [6.45, 7) is 0. The molecule has 0 saturated heterocycles. The van der Waals surface area contributed by atoms with Crippen molar-refractivity contribution >= 4 is 12.0 Å². The van der Waals surface area contributed by atoms with Crippen molar-refractivity contribution in [3.05, 3.63) is 35.9 Å². The van der Waals surface area contributed by atoms with E-state index in [-0.39, 0.29) is 6.42 Å². The second-order valence-corrected chi connectivity index (χ2v) is 4.04.